The van der Waals surface area contributed by atoms with Crippen molar-refractivity contribution in [2.24, 2.45) is 0 Å². The fourth-order valence-electron chi connectivity index (χ4n) is 0. The molecule has 38 valence electrons. The molecule has 0 rings (SSSR count). The molecular formula is C5H12O. The van der Waals surface area contributed by atoms with Gasteiger partial charge in [0.05, 0.1) is 0 Å². The van der Waals surface area contributed by atoms with Crippen LogP contribution in [0.2, 0.25) is 0 Å². The highest BCUT2D eigenvalue weighted by atomic mass is 16.2. The smallest absolute Gasteiger partial charge is 0.103 e. The van der Waals surface area contributed by atoms with Crippen LogP contribution in [0.1, 0.15) is 14.9 Å². The summed E-state index contributed by atoms with van der Waals surface area (Å²) in [6, 6.07) is 0. The van der Waals surface area contributed by atoms with Crippen LogP contribution in [0.25, 0.3) is 0 Å². The van der Waals surface area contributed by atoms with Gasteiger partial charge in [0.25, 0.3) is 0 Å². The molecule has 0 aliphatic heterocycles. The Morgan fingerprint density at radius 2 is 1.67 bits per heavy atom. The van der Waals surface area contributed by atoms with Crippen LogP contribution in [-0.2, 0) is 0 Å². The van der Waals surface area contributed by atoms with Gasteiger partial charge in [-0.1, -0.05) is 20.8 Å². The average Bonchev–Trinajstić information content (AvgIpc) is 1.37. The van der Waals surface area contributed by atoms with Crippen LogP contribution in [0, 0.1) is 12.3 Å². The Morgan fingerprint density at radius 3 is 1.67 bits per heavy atom. The Balaban J connectivity index is -0.0000000450. The predicted octanol–water partition coefficient (Wildman–Crippen LogP) is 0.884. The molecule has 0 aromatic rings. The van der Waals surface area contributed by atoms with Gasteiger partial charge in [-0.3, -0.25) is 0 Å². The molecule has 0 fully saturated rings. The second kappa shape index (κ2) is 24.2. The summed E-state index contributed by atoms with van der Waals surface area (Å²) in [6.07, 6.45) is 4.53. The Labute approximate surface area is 40.0 Å². The van der Waals surface area contributed by atoms with E-state index in [4.69, 9.17) is 5.11 Å². The van der Waals surface area contributed by atoms with Gasteiger partial charge in [0.1, 0.15) is 6.61 Å². The summed E-state index contributed by atoms with van der Waals surface area (Å²) in [5.74, 6) is 1.99. The molecule has 0 bridgehead atoms. The molecule has 1 N–H and O–H groups in total. The van der Waals surface area contributed by atoms with Crippen LogP contribution < -0.4 is 0 Å². The molecular weight excluding hydrogens is 76.1 g/mol. The zero-order valence-electron chi connectivity index (χ0n) is 2.23. The zero-order chi connectivity index (χ0) is 3.41. The van der Waals surface area contributed by atoms with Crippen LogP contribution in [0.5, 0.6) is 0 Å². The van der Waals surface area contributed by atoms with Crippen LogP contribution in [-0.4, -0.2) is 11.7 Å². The van der Waals surface area contributed by atoms with Crippen molar-refractivity contribution in [1.82, 2.24) is 0 Å². The first-order chi connectivity index (χ1) is 1.91. The highest BCUT2D eigenvalue weighted by Crippen LogP contribution is 1.34. The number of hydrogen-bond donors (Lipinski definition) is 1. The van der Waals surface area contributed by atoms with Gasteiger partial charge in [0.2, 0.25) is 0 Å². The maximum atomic E-state index is 7.64. The number of hydrogen-bond acceptors (Lipinski definition) is 1. The molecule has 0 radical (unpaired) electrons. The predicted molar refractivity (Wildman–Crippen MR) is 29.4 cm³/mol. The molecule has 0 atom stereocenters. The van der Waals surface area contributed by atoms with E-state index < -0.39 is 0 Å². The third-order valence-corrected chi connectivity index (χ3v) is 0.0913. The van der Waals surface area contributed by atoms with Crippen molar-refractivity contribution in [3.63, 3.8) is 0 Å². The third kappa shape index (κ3) is 82.7. The first kappa shape index (κ1) is 17.8. The van der Waals surface area contributed by atoms with Gasteiger partial charge in [-0.15, -0.1) is 6.42 Å². The van der Waals surface area contributed by atoms with Gasteiger partial charge in [0, 0.05) is 0 Å². The molecule has 0 aliphatic carbocycles. The van der Waals surface area contributed by atoms with Crippen LogP contribution in [0.4, 0.5) is 0 Å². The Bertz CT molecular complexity index is 33.7. The lowest BCUT2D eigenvalue weighted by Crippen LogP contribution is -1.64. The largest absolute Gasteiger partial charge is 0.384 e. The summed E-state index contributed by atoms with van der Waals surface area (Å²) in [5, 5.41) is 7.64. The normalized spacial score (nSPS) is 3.33. The molecule has 0 saturated heterocycles. The summed E-state index contributed by atoms with van der Waals surface area (Å²) in [7, 11) is 0. The Hall–Kier alpha value is -0.480. The molecule has 0 heterocycles. The summed E-state index contributed by atoms with van der Waals surface area (Å²) in [5.41, 5.74) is 0. The van der Waals surface area contributed by atoms with Gasteiger partial charge in [0.15, 0.2) is 0 Å². The first-order valence-electron chi connectivity index (χ1n) is 0.958. The van der Waals surface area contributed by atoms with E-state index in [-0.39, 0.29) is 21.5 Å². The molecule has 0 unspecified atom stereocenters. The second-order valence-corrected chi connectivity index (χ2v) is 0.362. The van der Waals surface area contributed by atoms with Crippen molar-refractivity contribution in [3.8, 4) is 12.3 Å². The van der Waals surface area contributed by atoms with Crippen molar-refractivity contribution in [2.45, 2.75) is 14.9 Å². The lowest BCUT2D eigenvalue weighted by Gasteiger charge is -1.55. The lowest BCUT2D eigenvalue weighted by molar-refractivity contribution is 0.351. The summed E-state index contributed by atoms with van der Waals surface area (Å²) >= 11 is 0. The SMILES string of the molecule is C.C.C#CCO. The van der Waals surface area contributed by atoms with E-state index in [1.54, 1.807) is 0 Å². The van der Waals surface area contributed by atoms with E-state index >= 15 is 0 Å². The van der Waals surface area contributed by atoms with Gasteiger partial charge in [-0.25, -0.2) is 0 Å². The number of aliphatic hydroxyl groups excluding tert-OH is 1. The molecule has 0 saturated carbocycles. The average molecular weight is 88.1 g/mol. The first-order valence-corrected chi connectivity index (χ1v) is 0.958. The molecule has 1 nitrogen and oxygen atoms in total. The molecule has 0 amide bonds. The maximum Gasteiger partial charge on any atom is 0.103 e. The van der Waals surface area contributed by atoms with E-state index in [9.17, 15) is 0 Å². The van der Waals surface area contributed by atoms with Crippen LogP contribution in [0.3, 0.4) is 0 Å². The Kier molecular flexibility index (Phi) is 71.7. The van der Waals surface area contributed by atoms with Gasteiger partial charge >= 0.3 is 0 Å². The monoisotopic (exact) mass is 88.1 g/mol. The van der Waals surface area contributed by atoms with E-state index in [1.165, 1.54) is 0 Å². The molecule has 0 aromatic heterocycles. The van der Waals surface area contributed by atoms with Crippen molar-refractivity contribution >= 4 is 0 Å². The molecule has 1 heteroatoms. The van der Waals surface area contributed by atoms with Crippen molar-refractivity contribution in [1.29, 1.82) is 0 Å². The number of rotatable bonds is 0. The van der Waals surface area contributed by atoms with Crippen LogP contribution in [0.15, 0.2) is 0 Å². The summed E-state index contributed by atoms with van der Waals surface area (Å²) < 4.78 is 0. The molecule has 0 aromatic carbocycles. The van der Waals surface area contributed by atoms with Crippen molar-refractivity contribution < 1.29 is 5.11 Å². The molecule has 6 heavy (non-hydrogen) atoms. The zero-order valence-corrected chi connectivity index (χ0v) is 2.23. The quantitative estimate of drug-likeness (QED) is 0.436. The molecule has 0 aliphatic rings. The topological polar surface area (TPSA) is 20.2 Å². The van der Waals surface area contributed by atoms with Crippen molar-refractivity contribution in [3.05, 3.63) is 0 Å². The minimum absolute atomic E-state index is 0. The second-order valence-electron chi connectivity index (χ2n) is 0.362. The fourth-order valence-corrected chi connectivity index (χ4v) is 0. The van der Waals surface area contributed by atoms with E-state index in [1.807, 2.05) is 5.92 Å². The number of terminal acetylenes is 1. The highest BCUT2D eigenvalue weighted by molar-refractivity contribution is 4.81. The van der Waals surface area contributed by atoms with Crippen molar-refractivity contribution in [2.75, 3.05) is 6.61 Å². The van der Waals surface area contributed by atoms with Crippen LogP contribution >= 0.6 is 0 Å². The summed E-state index contributed by atoms with van der Waals surface area (Å²) in [4.78, 5) is 0. The standard InChI is InChI=1S/C3H4O.2CH4/c1-2-3-4;;/h1,4H,3H2;2*1H4. The van der Waals surface area contributed by atoms with Gasteiger partial charge in [-0.05, 0) is 0 Å². The summed E-state index contributed by atoms with van der Waals surface area (Å²) in [6.45, 7) is -0.153. The third-order valence-electron chi connectivity index (χ3n) is 0.0913. The van der Waals surface area contributed by atoms with Gasteiger partial charge < -0.3 is 5.11 Å². The van der Waals surface area contributed by atoms with E-state index in [0.29, 0.717) is 0 Å². The molecule has 0 spiro atoms. The highest BCUT2D eigenvalue weighted by Gasteiger charge is 1.43. The number of aliphatic hydroxyl groups is 1. The van der Waals surface area contributed by atoms with E-state index in [0.717, 1.165) is 0 Å². The minimum Gasteiger partial charge on any atom is -0.384 e. The Morgan fingerprint density at radius 1 is 1.50 bits per heavy atom. The maximum absolute atomic E-state index is 7.64. The minimum atomic E-state index is -0.153. The van der Waals surface area contributed by atoms with E-state index in [2.05, 4.69) is 6.42 Å². The lowest BCUT2D eigenvalue weighted by atomic mass is 10.8. The van der Waals surface area contributed by atoms with Gasteiger partial charge in [-0.2, -0.15) is 0 Å². The fraction of sp³-hybridized carbons (Fsp3) is 0.600.